The predicted molar refractivity (Wildman–Crippen MR) is 83.0 cm³/mol. The van der Waals surface area contributed by atoms with Crippen molar-refractivity contribution in [2.24, 2.45) is 5.92 Å². The Morgan fingerprint density at radius 3 is 2.67 bits per heavy atom. The molecule has 0 bridgehead atoms. The maximum absolute atomic E-state index is 13.5. The number of amides is 1. The molecule has 0 aliphatic heterocycles. The van der Waals surface area contributed by atoms with E-state index in [2.05, 4.69) is 17.2 Å². The Kier molecular flexibility index (Phi) is 5.12. The highest BCUT2D eigenvalue weighted by atomic mass is 19.3. The van der Waals surface area contributed by atoms with Gasteiger partial charge in [0.05, 0.1) is 12.6 Å². The number of aromatic nitrogens is 3. The highest BCUT2D eigenvalue weighted by molar-refractivity contribution is 5.93. The minimum Gasteiger partial charge on any atom is -0.383 e. The van der Waals surface area contributed by atoms with E-state index in [1.165, 1.54) is 4.68 Å². The molecule has 1 aromatic rings. The number of ether oxygens (including phenoxy) is 1. The smallest absolute Gasteiger partial charge is 0.282 e. The summed E-state index contributed by atoms with van der Waals surface area (Å²) in [5, 5.41) is 7.66. The van der Waals surface area contributed by atoms with Gasteiger partial charge in [-0.05, 0) is 31.6 Å². The molecule has 2 fully saturated rings. The lowest BCUT2D eigenvalue weighted by Gasteiger charge is -2.31. The van der Waals surface area contributed by atoms with E-state index in [4.69, 9.17) is 4.74 Å². The lowest BCUT2D eigenvalue weighted by molar-refractivity contribution is 0.0544. The van der Waals surface area contributed by atoms with Crippen LogP contribution in [0.15, 0.2) is 0 Å². The van der Waals surface area contributed by atoms with Crippen LogP contribution in [0.3, 0.4) is 0 Å². The van der Waals surface area contributed by atoms with Gasteiger partial charge in [-0.2, -0.15) is 0 Å². The molecule has 6 nitrogen and oxygen atoms in total. The van der Waals surface area contributed by atoms with Crippen molar-refractivity contribution >= 4 is 5.91 Å². The van der Waals surface area contributed by atoms with Crippen molar-refractivity contribution in [1.82, 2.24) is 19.9 Å². The van der Waals surface area contributed by atoms with Crippen LogP contribution in [0.25, 0.3) is 0 Å². The molecule has 2 aliphatic rings. The molecular formula is C16H24F2N4O2. The average molecular weight is 342 g/mol. The first-order valence-corrected chi connectivity index (χ1v) is 8.57. The lowest BCUT2D eigenvalue weighted by atomic mass is 10.0. The molecule has 0 aromatic carbocycles. The molecular weight excluding hydrogens is 318 g/mol. The third-order valence-corrected chi connectivity index (χ3v) is 5.05. The highest BCUT2D eigenvalue weighted by Crippen LogP contribution is 2.38. The van der Waals surface area contributed by atoms with Gasteiger partial charge >= 0.3 is 0 Å². The van der Waals surface area contributed by atoms with Crippen LogP contribution in [0.1, 0.15) is 67.7 Å². The zero-order valence-electron chi connectivity index (χ0n) is 14.1. The van der Waals surface area contributed by atoms with E-state index in [0.29, 0.717) is 19.1 Å². The van der Waals surface area contributed by atoms with Crippen LogP contribution in [-0.2, 0) is 4.74 Å². The summed E-state index contributed by atoms with van der Waals surface area (Å²) in [5.74, 6) is -0.104. The number of alkyl halides is 2. The van der Waals surface area contributed by atoms with Gasteiger partial charge in [-0.3, -0.25) is 4.79 Å². The summed E-state index contributed by atoms with van der Waals surface area (Å²) < 4.78 is 33.4. The molecule has 3 rings (SSSR count). The summed E-state index contributed by atoms with van der Waals surface area (Å²) >= 11 is 0. The van der Waals surface area contributed by atoms with Crippen LogP contribution >= 0.6 is 0 Å². The summed E-state index contributed by atoms with van der Waals surface area (Å²) in [6.07, 6.45) is 1.83. The zero-order chi connectivity index (χ0) is 17.3. The van der Waals surface area contributed by atoms with Crippen molar-refractivity contribution in [3.8, 4) is 0 Å². The minimum atomic E-state index is -2.76. The predicted octanol–water partition coefficient (Wildman–Crippen LogP) is 2.83. The summed E-state index contributed by atoms with van der Waals surface area (Å²) in [7, 11) is 1.56. The topological polar surface area (TPSA) is 60.2 Å². The van der Waals surface area contributed by atoms with Gasteiger partial charge in [0, 0.05) is 19.7 Å². The number of hydrogen-bond acceptors (Lipinski definition) is 4. The standard InChI is InChI=1S/C16H24F2N4O2/c1-10-4-3-5-12(10)21(8-9-24-2)16(23)13-14(15(17)18)22(20-19-13)11-6-7-11/h10-12,15H,3-9H2,1-2H3. The molecule has 134 valence electrons. The van der Waals surface area contributed by atoms with Gasteiger partial charge in [0.25, 0.3) is 12.3 Å². The van der Waals surface area contributed by atoms with Crippen LogP contribution in [0.2, 0.25) is 0 Å². The van der Waals surface area contributed by atoms with E-state index in [1.54, 1.807) is 12.0 Å². The van der Waals surface area contributed by atoms with E-state index in [-0.39, 0.29) is 23.5 Å². The second kappa shape index (κ2) is 7.13. The van der Waals surface area contributed by atoms with Crippen molar-refractivity contribution in [3.63, 3.8) is 0 Å². The number of halogens is 2. The Morgan fingerprint density at radius 2 is 2.12 bits per heavy atom. The molecule has 0 saturated heterocycles. The fourth-order valence-electron chi connectivity index (χ4n) is 3.58. The number of carbonyl (C=O) groups excluding carboxylic acids is 1. The zero-order valence-corrected chi connectivity index (χ0v) is 14.1. The first-order chi connectivity index (χ1) is 11.5. The Morgan fingerprint density at radius 1 is 1.38 bits per heavy atom. The van der Waals surface area contributed by atoms with E-state index < -0.39 is 12.3 Å². The van der Waals surface area contributed by atoms with Gasteiger partial charge in [0.1, 0.15) is 5.69 Å². The van der Waals surface area contributed by atoms with Crippen molar-refractivity contribution in [3.05, 3.63) is 11.4 Å². The quantitative estimate of drug-likeness (QED) is 0.764. The number of hydrogen-bond donors (Lipinski definition) is 0. The van der Waals surface area contributed by atoms with Gasteiger partial charge in [-0.15, -0.1) is 5.10 Å². The monoisotopic (exact) mass is 342 g/mol. The molecule has 2 unspecified atom stereocenters. The Hall–Kier alpha value is -1.57. The fraction of sp³-hybridized carbons (Fsp3) is 0.812. The number of nitrogens with zero attached hydrogens (tertiary/aromatic N) is 4. The highest BCUT2D eigenvalue weighted by Gasteiger charge is 2.38. The normalized spacial score (nSPS) is 23.9. The fourth-order valence-corrected chi connectivity index (χ4v) is 3.58. The maximum atomic E-state index is 13.5. The molecule has 2 aliphatic carbocycles. The average Bonchev–Trinajstić information content (AvgIpc) is 3.16. The van der Waals surface area contributed by atoms with Crippen LogP contribution in [0, 0.1) is 5.92 Å². The third kappa shape index (κ3) is 3.29. The maximum Gasteiger partial charge on any atom is 0.282 e. The van der Waals surface area contributed by atoms with Gasteiger partial charge in [0.2, 0.25) is 0 Å². The summed E-state index contributed by atoms with van der Waals surface area (Å²) in [6.45, 7) is 2.85. The van der Waals surface area contributed by atoms with Crippen molar-refractivity contribution in [2.45, 2.75) is 57.5 Å². The van der Waals surface area contributed by atoms with Gasteiger partial charge in [0.15, 0.2) is 5.69 Å². The second-order valence-corrected chi connectivity index (χ2v) is 6.77. The van der Waals surface area contributed by atoms with Crippen LogP contribution in [-0.4, -0.2) is 52.1 Å². The second-order valence-electron chi connectivity index (χ2n) is 6.77. The molecule has 0 N–H and O–H groups in total. The molecule has 0 spiro atoms. The molecule has 2 atom stereocenters. The Bertz CT molecular complexity index is 589. The van der Waals surface area contributed by atoms with Crippen LogP contribution in [0.4, 0.5) is 8.78 Å². The van der Waals surface area contributed by atoms with E-state index in [1.807, 2.05) is 0 Å². The Labute approximate surface area is 140 Å². The van der Waals surface area contributed by atoms with Gasteiger partial charge in [-0.1, -0.05) is 18.6 Å². The summed E-state index contributed by atoms with van der Waals surface area (Å²) in [4.78, 5) is 14.6. The van der Waals surface area contributed by atoms with Crippen LogP contribution < -0.4 is 0 Å². The summed E-state index contributed by atoms with van der Waals surface area (Å²) in [5.41, 5.74) is -0.539. The Balaban J connectivity index is 1.89. The van der Waals surface area contributed by atoms with Crippen molar-refractivity contribution in [1.29, 1.82) is 0 Å². The van der Waals surface area contributed by atoms with E-state index in [9.17, 15) is 13.6 Å². The molecule has 24 heavy (non-hydrogen) atoms. The van der Waals surface area contributed by atoms with Crippen molar-refractivity contribution < 1.29 is 18.3 Å². The number of carbonyl (C=O) groups is 1. The van der Waals surface area contributed by atoms with Crippen LogP contribution in [0.5, 0.6) is 0 Å². The molecule has 1 amide bonds. The largest absolute Gasteiger partial charge is 0.383 e. The molecule has 0 radical (unpaired) electrons. The van der Waals surface area contributed by atoms with Crippen molar-refractivity contribution in [2.75, 3.05) is 20.3 Å². The van der Waals surface area contributed by atoms with Gasteiger partial charge in [-0.25, -0.2) is 13.5 Å². The molecule has 2 saturated carbocycles. The molecule has 1 heterocycles. The molecule has 1 aromatic heterocycles. The van der Waals surface area contributed by atoms with Gasteiger partial charge < -0.3 is 9.64 Å². The molecule has 8 heteroatoms. The third-order valence-electron chi connectivity index (χ3n) is 5.05. The first kappa shape index (κ1) is 17.3. The van der Waals surface area contributed by atoms with E-state index in [0.717, 1.165) is 32.1 Å². The first-order valence-electron chi connectivity index (χ1n) is 8.57. The SMILES string of the molecule is COCCN(C(=O)c1nnn(C2CC2)c1C(F)F)C1CCCC1C. The lowest BCUT2D eigenvalue weighted by Crippen LogP contribution is -2.44. The minimum absolute atomic E-state index is 0.0409. The number of rotatable bonds is 7. The summed E-state index contributed by atoms with van der Waals surface area (Å²) in [6, 6.07) is 0.00475. The number of methoxy groups -OCH3 is 1. The van der Waals surface area contributed by atoms with E-state index >= 15 is 0 Å².